The molecule has 1 aromatic carbocycles. The highest BCUT2D eigenvalue weighted by molar-refractivity contribution is 5.81. The van der Waals surface area contributed by atoms with Crippen LogP contribution in [0, 0.1) is 0 Å². The number of hydrogen-bond acceptors (Lipinski definition) is 2. The molecule has 0 fully saturated rings. The molecule has 72 valence electrons. The van der Waals surface area contributed by atoms with Gasteiger partial charge in [0.15, 0.2) is 0 Å². The van der Waals surface area contributed by atoms with E-state index >= 15 is 0 Å². The predicted octanol–water partition coefficient (Wildman–Crippen LogP) is 2.12. The van der Waals surface area contributed by atoms with E-state index in [0.717, 1.165) is 12.1 Å². The maximum atomic E-state index is 5.73. The SMILES string of the molecule is CC(N)Cc1cc2ccccc2cn1. The van der Waals surface area contributed by atoms with Gasteiger partial charge in [-0.3, -0.25) is 4.98 Å². The zero-order valence-corrected chi connectivity index (χ0v) is 8.27. The Balaban J connectivity index is 2.41. The molecule has 0 aliphatic heterocycles. The Bertz CT molecular complexity index is 435. The summed E-state index contributed by atoms with van der Waals surface area (Å²) in [5.74, 6) is 0. The third-order valence-electron chi connectivity index (χ3n) is 2.22. The van der Waals surface area contributed by atoms with Gasteiger partial charge in [0.2, 0.25) is 0 Å². The van der Waals surface area contributed by atoms with Crippen LogP contribution in [-0.2, 0) is 6.42 Å². The predicted molar refractivity (Wildman–Crippen MR) is 59.1 cm³/mol. The Labute approximate surface area is 83.8 Å². The highest BCUT2D eigenvalue weighted by Crippen LogP contribution is 2.13. The largest absolute Gasteiger partial charge is 0.328 e. The molecule has 0 radical (unpaired) electrons. The monoisotopic (exact) mass is 186 g/mol. The summed E-state index contributed by atoms with van der Waals surface area (Å²) in [6, 6.07) is 10.5. The minimum atomic E-state index is 0.170. The van der Waals surface area contributed by atoms with E-state index < -0.39 is 0 Å². The fourth-order valence-electron chi connectivity index (χ4n) is 1.57. The number of aromatic nitrogens is 1. The van der Waals surface area contributed by atoms with Crippen LogP contribution in [0.2, 0.25) is 0 Å². The van der Waals surface area contributed by atoms with Crippen molar-refractivity contribution in [1.82, 2.24) is 4.98 Å². The van der Waals surface area contributed by atoms with Crippen LogP contribution < -0.4 is 5.73 Å². The fraction of sp³-hybridized carbons (Fsp3) is 0.250. The topological polar surface area (TPSA) is 38.9 Å². The van der Waals surface area contributed by atoms with E-state index in [1.165, 1.54) is 10.8 Å². The molecule has 2 nitrogen and oxygen atoms in total. The van der Waals surface area contributed by atoms with Crippen molar-refractivity contribution in [2.45, 2.75) is 19.4 Å². The molecule has 2 aromatic rings. The van der Waals surface area contributed by atoms with Crippen molar-refractivity contribution in [2.75, 3.05) is 0 Å². The first-order valence-corrected chi connectivity index (χ1v) is 4.85. The van der Waals surface area contributed by atoms with Crippen molar-refractivity contribution in [3.8, 4) is 0 Å². The summed E-state index contributed by atoms with van der Waals surface area (Å²) in [5, 5.41) is 2.42. The molecule has 2 rings (SSSR count). The number of nitrogens with zero attached hydrogens (tertiary/aromatic N) is 1. The van der Waals surface area contributed by atoms with Crippen molar-refractivity contribution in [3.63, 3.8) is 0 Å². The first kappa shape index (κ1) is 9.16. The third-order valence-corrected chi connectivity index (χ3v) is 2.22. The van der Waals surface area contributed by atoms with Crippen LogP contribution >= 0.6 is 0 Å². The maximum absolute atomic E-state index is 5.73. The average molecular weight is 186 g/mol. The lowest BCUT2D eigenvalue weighted by molar-refractivity contribution is 0.723. The molecule has 0 bridgehead atoms. The van der Waals surface area contributed by atoms with Crippen LogP contribution in [0.3, 0.4) is 0 Å². The van der Waals surface area contributed by atoms with E-state index in [0.29, 0.717) is 0 Å². The normalized spacial score (nSPS) is 13.0. The van der Waals surface area contributed by atoms with Crippen molar-refractivity contribution in [3.05, 3.63) is 42.2 Å². The summed E-state index contributed by atoms with van der Waals surface area (Å²) in [4.78, 5) is 4.37. The molecular formula is C12H14N2. The lowest BCUT2D eigenvalue weighted by Crippen LogP contribution is -2.18. The number of rotatable bonds is 2. The zero-order chi connectivity index (χ0) is 9.97. The number of pyridine rings is 1. The van der Waals surface area contributed by atoms with E-state index in [2.05, 4.69) is 23.2 Å². The summed E-state index contributed by atoms with van der Waals surface area (Å²) >= 11 is 0. The van der Waals surface area contributed by atoms with E-state index in [-0.39, 0.29) is 6.04 Å². The van der Waals surface area contributed by atoms with Gasteiger partial charge in [-0.25, -0.2) is 0 Å². The Hall–Kier alpha value is -1.41. The van der Waals surface area contributed by atoms with Crippen molar-refractivity contribution < 1.29 is 0 Å². The van der Waals surface area contributed by atoms with Crippen LogP contribution in [0.1, 0.15) is 12.6 Å². The number of benzene rings is 1. The zero-order valence-electron chi connectivity index (χ0n) is 8.27. The van der Waals surface area contributed by atoms with Gasteiger partial charge in [-0.1, -0.05) is 24.3 Å². The van der Waals surface area contributed by atoms with Gasteiger partial charge in [-0.15, -0.1) is 0 Å². The minimum absolute atomic E-state index is 0.170. The number of nitrogens with two attached hydrogens (primary N) is 1. The molecule has 1 aromatic heterocycles. The highest BCUT2D eigenvalue weighted by atomic mass is 14.7. The number of hydrogen-bond donors (Lipinski definition) is 1. The number of fused-ring (bicyclic) bond motifs is 1. The molecular weight excluding hydrogens is 172 g/mol. The fourth-order valence-corrected chi connectivity index (χ4v) is 1.57. The van der Waals surface area contributed by atoms with Crippen LogP contribution in [0.5, 0.6) is 0 Å². The summed E-state index contributed by atoms with van der Waals surface area (Å²) in [7, 11) is 0. The highest BCUT2D eigenvalue weighted by Gasteiger charge is 2.00. The van der Waals surface area contributed by atoms with Crippen LogP contribution in [-0.4, -0.2) is 11.0 Å². The molecule has 1 heterocycles. The molecule has 0 aliphatic rings. The summed E-state index contributed by atoms with van der Waals surface area (Å²) in [6.45, 7) is 2.00. The average Bonchev–Trinajstić information content (AvgIpc) is 2.17. The van der Waals surface area contributed by atoms with Gasteiger partial charge in [0.25, 0.3) is 0 Å². The summed E-state index contributed by atoms with van der Waals surface area (Å²) < 4.78 is 0. The van der Waals surface area contributed by atoms with E-state index in [1.54, 1.807) is 0 Å². The quantitative estimate of drug-likeness (QED) is 0.780. The molecule has 2 N–H and O–H groups in total. The minimum Gasteiger partial charge on any atom is -0.328 e. The molecule has 0 saturated heterocycles. The van der Waals surface area contributed by atoms with E-state index in [1.807, 2.05) is 25.3 Å². The Morgan fingerprint density at radius 3 is 2.71 bits per heavy atom. The van der Waals surface area contributed by atoms with Crippen molar-refractivity contribution in [2.24, 2.45) is 5.73 Å². The molecule has 0 spiro atoms. The lowest BCUT2D eigenvalue weighted by atomic mass is 10.1. The van der Waals surface area contributed by atoms with Crippen LogP contribution in [0.4, 0.5) is 0 Å². The molecule has 0 aliphatic carbocycles. The van der Waals surface area contributed by atoms with E-state index in [4.69, 9.17) is 5.73 Å². The van der Waals surface area contributed by atoms with Crippen LogP contribution in [0.15, 0.2) is 36.5 Å². The summed E-state index contributed by atoms with van der Waals surface area (Å²) in [5.41, 5.74) is 6.80. The van der Waals surface area contributed by atoms with Gasteiger partial charge < -0.3 is 5.73 Å². The standard InChI is InChI=1S/C12H14N2/c1-9(13)6-12-7-10-4-2-3-5-11(10)8-14-12/h2-5,7-9H,6,13H2,1H3. The van der Waals surface area contributed by atoms with Crippen LogP contribution in [0.25, 0.3) is 10.8 Å². The molecule has 1 atom stereocenters. The lowest BCUT2D eigenvalue weighted by Gasteiger charge is -2.05. The van der Waals surface area contributed by atoms with Gasteiger partial charge in [0.1, 0.15) is 0 Å². The smallest absolute Gasteiger partial charge is 0.0425 e. The van der Waals surface area contributed by atoms with Gasteiger partial charge >= 0.3 is 0 Å². The Morgan fingerprint density at radius 1 is 1.29 bits per heavy atom. The molecule has 14 heavy (non-hydrogen) atoms. The third kappa shape index (κ3) is 1.91. The van der Waals surface area contributed by atoms with Gasteiger partial charge in [0, 0.05) is 29.7 Å². The second kappa shape index (κ2) is 3.76. The van der Waals surface area contributed by atoms with E-state index in [9.17, 15) is 0 Å². The second-order valence-corrected chi connectivity index (χ2v) is 3.70. The molecule has 0 saturated carbocycles. The van der Waals surface area contributed by atoms with Gasteiger partial charge in [0.05, 0.1) is 0 Å². The van der Waals surface area contributed by atoms with Gasteiger partial charge in [-0.05, 0) is 18.4 Å². The molecule has 0 amide bonds. The first-order chi connectivity index (χ1) is 6.75. The van der Waals surface area contributed by atoms with Gasteiger partial charge in [-0.2, -0.15) is 0 Å². The molecule has 1 unspecified atom stereocenters. The Morgan fingerprint density at radius 2 is 2.00 bits per heavy atom. The maximum Gasteiger partial charge on any atom is 0.0425 e. The summed E-state index contributed by atoms with van der Waals surface area (Å²) in [6.07, 6.45) is 2.75. The first-order valence-electron chi connectivity index (χ1n) is 4.85. The van der Waals surface area contributed by atoms with Crippen molar-refractivity contribution in [1.29, 1.82) is 0 Å². The second-order valence-electron chi connectivity index (χ2n) is 3.70. The molecule has 2 heteroatoms. The Kier molecular flexibility index (Phi) is 2.46. The van der Waals surface area contributed by atoms with Crippen molar-refractivity contribution >= 4 is 10.8 Å².